The maximum absolute atomic E-state index is 11.8. The minimum atomic E-state index is -0.332. The van der Waals surface area contributed by atoms with Gasteiger partial charge >= 0.3 is 5.63 Å². The average molecular weight is 346 g/mol. The second kappa shape index (κ2) is 7.85. The lowest BCUT2D eigenvalue weighted by Gasteiger charge is -2.08. The van der Waals surface area contributed by atoms with Gasteiger partial charge in [-0.3, -0.25) is 4.99 Å². The number of thioether (sulfide) groups is 1. The zero-order chi connectivity index (χ0) is 16.9. The SMILES string of the molecule is CCc1ccc2c(CSC(N)=NC[C@H]3CCCO3)cc(=O)oc2c1. The zero-order valence-corrected chi connectivity index (χ0v) is 14.6. The van der Waals surface area contributed by atoms with Gasteiger partial charge in [0.05, 0.1) is 12.6 Å². The number of amidine groups is 1. The molecule has 6 heteroatoms. The van der Waals surface area contributed by atoms with E-state index in [2.05, 4.69) is 18.0 Å². The summed E-state index contributed by atoms with van der Waals surface area (Å²) in [5.74, 6) is 0.592. The summed E-state index contributed by atoms with van der Waals surface area (Å²) in [4.78, 5) is 16.2. The molecule has 1 aliphatic heterocycles. The molecule has 0 unspecified atom stereocenters. The van der Waals surface area contributed by atoms with Crippen LogP contribution in [0, 0.1) is 0 Å². The topological polar surface area (TPSA) is 77.8 Å². The highest BCUT2D eigenvalue weighted by molar-refractivity contribution is 8.13. The van der Waals surface area contributed by atoms with Gasteiger partial charge in [-0.2, -0.15) is 0 Å². The van der Waals surface area contributed by atoms with Crippen molar-refractivity contribution in [2.24, 2.45) is 10.7 Å². The number of aryl methyl sites for hydroxylation is 1. The Labute approximate surface area is 145 Å². The van der Waals surface area contributed by atoms with Gasteiger partial charge in [0, 0.05) is 23.8 Å². The van der Waals surface area contributed by atoms with Gasteiger partial charge in [0.2, 0.25) is 0 Å². The van der Waals surface area contributed by atoms with Crippen LogP contribution in [0.2, 0.25) is 0 Å². The summed E-state index contributed by atoms with van der Waals surface area (Å²) in [5, 5.41) is 1.48. The van der Waals surface area contributed by atoms with Gasteiger partial charge in [-0.1, -0.05) is 30.8 Å². The maximum atomic E-state index is 11.8. The maximum Gasteiger partial charge on any atom is 0.336 e. The Morgan fingerprint density at radius 3 is 3.04 bits per heavy atom. The van der Waals surface area contributed by atoms with E-state index in [4.69, 9.17) is 14.9 Å². The van der Waals surface area contributed by atoms with Gasteiger partial charge in [0.15, 0.2) is 5.17 Å². The Morgan fingerprint density at radius 2 is 2.29 bits per heavy atom. The molecule has 128 valence electrons. The van der Waals surface area contributed by atoms with Crippen LogP contribution in [0.25, 0.3) is 11.0 Å². The van der Waals surface area contributed by atoms with Crippen LogP contribution in [0.4, 0.5) is 0 Å². The molecule has 0 amide bonds. The molecule has 2 N–H and O–H groups in total. The first kappa shape index (κ1) is 17.0. The first-order chi connectivity index (χ1) is 11.7. The number of hydrogen-bond donors (Lipinski definition) is 1. The van der Waals surface area contributed by atoms with E-state index >= 15 is 0 Å². The highest BCUT2D eigenvalue weighted by Crippen LogP contribution is 2.23. The first-order valence-electron chi connectivity index (χ1n) is 8.25. The molecule has 5 nitrogen and oxygen atoms in total. The van der Waals surface area contributed by atoms with Crippen molar-refractivity contribution in [3.63, 3.8) is 0 Å². The summed E-state index contributed by atoms with van der Waals surface area (Å²) >= 11 is 1.44. The molecule has 1 fully saturated rings. The Balaban J connectivity index is 1.72. The normalized spacial score (nSPS) is 18.4. The fourth-order valence-electron chi connectivity index (χ4n) is 2.79. The van der Waals surface area contributed by atoms with Crippen LogP contribution in [0.3, 0.4) is 0 Å². The summed E-state index contributed by atoms with van der Waals surface area (Å²) in [6, 6.07) is 7.53. The molecule has 0 spiro atoms. The van der Waals surface area contributed by atoms with E-state index in [1.54, 1.807) is 0 Å². The van der Waals surface area contributed by atoms with Crippen molar-refractivity contribution in [2.75, 3.05) is 13.2 Å². The summed E-state index contributed by atoms with van der Waals surface area (Å²) in [6.45, 7) is 3.50. The minimum Gasteiger partial charge on any atom is -0.423 e. The summed E-state index contributed by atoms with van der Waals surface area (Å²) < 4.78 is 10.9. The molecule has 1 aromatic heterocycles. The molecule has 3 rings (SSSR count). The molecular weight excluding hydrogens is 324 g/mol. The highest BCUT2D eigenvalue weighted by atomic mass is 32.2. The van der Waals surface area contributed by atoms with Crippen LogP contribution in [0.5, 0.6) is 0 Å². The van der Waals surface area contributed by atoms with Crippen molar-refractivity contribution < 1.29 is 9.15 Å². The first-order valence-corrected chi connectivity index (χ1v) is 9.24. The third-order valence-electron chi connectivity index (χ3n) is 4.15. The third-order valence-corrected chi connectivity index (χ3v) is 5.03. The van der Waals surface area contributed by atoms with Gasteiger partial charge < -0.3 is 14.9 Å². The number of ether oxygens (including phenoxy) is 1. The van der Waals surface area contributed by atoms with Crippen LogP contribution in [-0.4, -0.2) is 24.4 Å². The lowest BCUT2D eigenvalue weighted by molar-refractivity contribution is 0.118. The summed E-state index contributed by atoms with van der Waals surface area (Å²) in [5.41, 5.74) is 8.35. The van der Waals surface area contributed by atoms with Gasteiger partial charge in [-0.05, 0) is 36.5 Å². The van der Waals surface area contributed by atoms with E-state index in [-0.39, 0.29) is 11.7 Å². The largest absolute Gasteiger partial charge is 0.423 e. The predicted octanol–water partition coefficient (Wildman–Crippen LogP) is 3.08. The summed E-state index contributed by atoms with van der Waals surface area (Å²) in [6.07, 6.45) is 3.24. The molecule has 2 heterocycles. The molecule has 1 aliphatic rings. The van der Waals surface area contributed by atoms with Crippen LogP contribution >= 0.6 is 11.8 Å². The van der Waals surface area contributed by atoms with Crippen molar-refractivity contribution in [3.05, 3.63) is 45.8 Å². The number of hydrogen-bond acceptors (Lipinski definition) is 5. The second-order valence-electron chi connectivity index (χ2n) is 5.88. The molecule has 0 radical (unpaired) electrons. The van der Waals surface area contributed by atoms with E-state index in [9.17, 15) is 4.79 Å². The Bertz CT molecular complexity index is 794. The molecule has 1 atom stereocenters. The number of benzene rings is 1. The lowest BCUT2D eigenvalue weighted by Crippen LogP contribution is -2.14. The fraction of sp³-hybridized carbons (Fsp3) is 0.444. The molecule has 1 saturated heterocycles. The Hall–Kier alpha value is -1.79. The number of fused-ring (bicyclic) bond motifs is 1. The molecular formula is C18H22N2O3S. The number of nitrogens with zero attached hydrogens (tertiary/aromatic N) is 1. The molecule has 24 heavy (non-hydrogen) atoms. The van der Waals surface area contributed by atoms with E-state index in [0.717, 1.165) is 42.4 Å². The number of rotatable bonds is 5. The third kappa shape index (κ3) is 4.19. The predicted molar refractivity (Wildman–Crippen MR) is 98.6 cm³/mol. The second-order valence-corrected chi connectivity index (χ2v) is 6.87. The smallest absolute Gasteiger partial charge is 0.336 e. The Morgan fingerprint density at radius 1 is 1.42 bits per heavy atom. The Kier molecular flexibility index (Phi) is 5.58. The van der Waals surface area contributed by atoms with Gasteiger partial charge in [-0.25, -0.2) is 4.79 Å². The molecule has 0 saturated carbocycles. The number of aliphatic imine (C=N–C) groups is 1. The van der Waals surface area contributed by atoms with Crippen LogP contribution < -0.4 is 11.4 Å². The molecule has 1 aromatic carbocycles. The quantitative estimate of drug-likeness (QED) is 0.511. The van der Waals surface area contributed by atoms with Gasteiger partial charge in [-0.15, -0.1) is 0 Å². The van der Waals surface area contributed by atoms with Crippen molar-refractivity contribution in [3.8, 4) is 0 Å². The zero-order valence-electron chi connectivity index (χ0n) is 13.8. The van der Waals surface area contributed by atoms with E-state index in [0.29, 0.717) is 23.0 Å². The molecule has 0 aliphatic carbocycles. The van der Waals surface area contributed by atoms with Crippen molar-refractivity contribution in [1.29, 1.82) is 0 Å². The number of nitrogens with two attached hydrogens (primary N) is 1. The molecule has 2 aromatic rings. The summed E-state index contributed by atoms with van der Waals surface area (Å²) in [7, 11) is 0. The highest BCUT2D eigenvalue weighted by Gasteiger charge is 2.14. The lowest BCUT2D eigenvalue weighted by atomic mass is 10.1. The van der Waals surface area contributed by atoms with Crippen molar-refractivity contribution in [1.82, 2.24) is 0 Å². The minimum absolute atomic E-state index is 0.196. The van der Waals surface area contributed by atoms with Crippen LogP contribution in [-0.2, 0) is 16.9 Å². The van der Waals surface area contributed by atoms with E-state index in [1.807, 2.05) is 12.1 Å². The van der Waals surface area contributed by atoms with Crippen molar-refractivity contribution in [2.45, 2.75) is 38.0 Å². The van der Waals surface area contributed by atoms with Crippen LogP contribution in [0.1, 0.15) is 30.9 Å². The van der Waals surface area contributed by atoms with E-state index in [1.165, 1.54) is 17.8 Å². The fourth-order valence-corrected chi connectivity index (χ4v) is 3.50. The standard InChI is InChI=1S/C18H22N2O3S/c1-2-12-5-6-15-13(9-17(21)23-16(15)8-12)11-24-18(19)20-10-14-4-3-7-22-14/h5-6,8-9,14H,2-4,7,10-11H2,1H3,(H2,19,20)/t14-/m1/s1. The van der Waals surface area contributed by atoms with Crippen LogP contribution in [0.15, 0.2) is 38.5 Å². The van der Waals surface area contributed by atoms with Gasteiger partial charge in [0.1, 0.15) is 5.58 Å². The average Bonchev–Trinajstić information content (AvgIpc) is 3.10. The van der Waals surface area contributed by atoms with Gasteiger partial charge in [0.25, 0.3) is 0 Å². The van der Waals surface area contributed by atoms with Crippen molar-refractivity contribution >= 4 is 27.9 Å². The van der Waals surface area contributed by atoms with E-state index < -0.39 is 0 Å². The monoisotopic (exact) mass is 346 g/mol. The molecule has 0 bridgehead atoms.